The van der Waals surface area contributed by atoms with Crippen LogP contribution in [-0.2, 0) is 14.3 Å². The number of nitrogens with one attached hydrogen (secondary N) is 1. The summed E-state index contributed by atoms with van der Waals surface area (Å²) in [6, 6.07) is -1.20. The molecule has 11 heteroatoms. The molecular formula is C65H119NO10. The number of aliphatic hydroxyl groups is 7. The molecule has 444 valence electrons. The van der Waals surface area contributed by atoms with Crippen LogP contribution in [0.4, 0.5) is 0 Å². The van der Waals surface area contributed by atoms with Gasteiger partial charge < -0.3 is 50.5 Å². The molecule has 9 atom stereocenters. The maximum atomic E-state index is 13.2. The number of ether oxygens (including phenoxy) is 2. The van der Waals surface area contributed by atoms with Crippen LogP contribution in [0.15, 0.2) is 60.8 Å². The normalized spacial score (nSPS) is 20.0. The summed E-state index contributed by atoms with van der Waals surface area (Å²) in [5.74, 6) is -0.717. The molecule has 0 radical (unpaired) electrons. The molecule has 11 nitrogen and oxygen atoms in total. The molecule has 1 rings (SSSR count). The minimum atomic E-state index is -1.68. The third kappa shape index (κ3) is 40.9. The molecule has 1 amide bonds. The van der Waals surface area contributed by atoms with Crippen molar-refractivity contribution >= 4 is 5.91 Å². The summed E-state index contributed by atoms with van der Waals surface area (Å²) in [6.07, 6.45) is 58.6. The Hall–Kier alpha value is -2.19. The van der Waals surface area contributed by atoms with Crippen molar-refractivity contribution in [2.45, 2.75) is 332 Å². The quantitative estimate of drug-likeness (QED) is 0.0165. The van der Waals surface area contributed by atoms with Gasteiger partial charge in [0.2, 0.25) is 5.91 Å². The average Bonchev–Trinajstić information content (AvgIpc) is 3.42. The first-order valence-electron chi connectivity index (χ1n) is 31.7. The Labute approximate surface area is 465 Å². The Balaban J connectivity index is 2.29. The zero-order chi connectivity index (χ0) is 55.4. The largest absolute Gasteiger partial charge is 0.394 e. The molecule has 1 aliphatic heterocycles. The van der Waals surface area contributed by atoms with Gasteiger partial charge in [-0.05, 0) is 89.9 Å². The van der Waals surface area contributed by atoms with E-state index in [1.54, 1.807) is 0 Å². The van der Waals surface area contributed by atoms with Crippen LogP contribution in [0.3, 0.4) is 0 Å². The van der Waals surface area contributed by atoms with Gasteiger partial charge in [-0.2, -0.15) is 0 Å². The molecular weight excluding hydrogens is 955 g/mol. The molecule has 1 saturated heterocycles. The van der Waals surface area contributed by atoms with Crippen molar-refractivity contribution in [3.8, 4) is 0 Å². The van der Waals surface area contributed by atoms with Crippen molar-refractivity contribution < 1.29 is 50.0 Å². The van der Waals surface area contributed by atoms with E-state index >= 15 is 0 Å². The van der Waals surface area contributed by atoms with Crippen molar-refractivity contribution in [3.05, 3.63) is 60.8 Å². The molecule has 76 heavy (non-hydrogen) atoms. The smallest absolute Gasteiger partial charge is 0.249 e. The van der Waals surface area contributed by atoms with Crippen LogP contribution in [0.2, 0.25) is 0 Å². The lowest BCUT2D eigenvalue weighted by atomic mass is 9.98. The Morgan fingerprint density at radius 3 is 1.28 bits per heavy atom. The van der Waals surface area contributed by atoms with Crippen molar-refractivity contribution in [1.29, 1.82) is 0 Å². The fourth-order valence-corrected chi connectivity index (χ4v) is 9.88. The van der Waals surface area contributed by atoms with Gasteiger partial charge in [0.15, 0.2) is 6.29 Å². The van der Waals surface area contributed by atoms with Crippen LogP contribution in [0.25, 0.3) is 0 Å². The lowest BCUT2D eigenvalue weighted by Crippen LogP contribution is -2.60. The van der Waals surface area contributed by atoms with Gasteiger partial charge in [-0.25, -0.2) is 0 Å². The summed E-state index contributed by atoms with van der Waals surface area (Å²) in [5, 5.41) is 76.2. The second kappa shape index (κ2) is 53.5. The Bertz CT molecular complexity index is 1420. The molecule has 0 aliphatic carbocycles. The van der Waals surface area contributed by atoms with Gasteiger partial charge in [-0.1, -0.05) is 248 Å². The van der Waals surface area contributed by atoms with E-state index in [2.05, 4.69) is 79.9 Å². The van der Waals surface area contributed by atoms with Gasteiger partial charge in [-0.3, -0.25) is 4.79 Å². The molecule has 0 aromatic carbocycles. The highest BCUT2D eigenvalue weighted by Gasteiger charge is 2.44. The Kier molecular flexibility index (Phi) is 50.5. The summed E-state index contributed by atoms with van der Waals surface area (Å²) in [7, 11) is 0. The van der Waals surface area contributed by atoms with Crippen LogP contribution >= 0.6 is 0 Å². The van der Waals surface area contributed by atoms with E-state index < -0.39 is 74.2 Å². The van der Waals surface area contributed by atoms with Crippen molar-refractivity contribution in [1.82, 2.24) is 5.32 Å². The summed E-state index contributed by atoms with van der Waals surface area (Å²) in [4.78, 5) is 13.2. The number of carbonyl (C=O) groups is 1. The van der Waals surface area contributed by atoms with Gasteiger partial charge in [0.25, 0.3) is 0 Å². The SMILES string of the molecule is CCCCC/C=C\C=C/CCCCCCCCCCCC(O)C(=O)NC(COC1OC(CO)C(O)C(O)C1O)C(O)C(O)CCC/C=C/CC/C=C/CC/C=C/CCCCCCCCCCCCCCCCCCCC. The minimum absolute atomic E-state index is 0.238. The van der Waals surface area contributed by atoms with Crippen LogP contribution in [0.5, 0.6) is 0 Å². The number of aliphatic hydroxyl groups excluding tert-OH is 7. The number of amides is 1. The zero-order valence-corrected chi connectivity index (χ0v) is 48.7. The predicted molar refractivity (Wildman–Crippen MR) is 316 cm³/mol. The van der Waals surface area contributed by atoms with E-state index in [9.17, 15) is 40.5 Å². The second-order valence-electron chi connectivity index (χ2n) is 22.1. The number of hydrogen-bond donors (Lipinski definition) is 8. The van der Waals surface area contributed by atoms with Crippen molar-refractivity contribution in [2.75, 3.05) is 13.2 Å². The van der Waals surface area contributed by atoms with E-state index in [4.69, 9.17) is 9.47 Å². The van der Waals surface area contributed by atoms with Crippen LogP contribution in [0.1, 0.15) is 277 Å². The second-order valence-corrected chi connectivity index (χ2v) is 22.1. The number of unbranched alkanes of at least 4 members (excludes halogenated alkanes) is 33. The van der Waals surface area contributed by atoms with Crippen LogP contribution in [0, 0.1) is 0 Å². The molecule has 0 aromatic rings. The molecule has 1 heterocycles. The third-order valence-corrected chi connectivity index (χ3v) is 15.0. The summed E-state index contributed by atoms with van der Waals surface area (Å²) in [6.45, 7) is 3.42. The first kappa shape index (κ1) is 71.8. The van der Waals surface area contributed by atoms with Crippen LogP contribution < -0.4 is 5.32 Å². The molecule has 0 aromatic heterocycles. The van der Waals surface area contributed by atoms with Gasteiger partial charge in [0.05, 0.1) is 25.4 Å². The number of carbonyl (C=O) groups excluding carboxylic acids is 1. The lowest BCUT2D eigenvalue weighted by Gasteiger charge is -2.40. The molecule has 8 N–H and O–H groups in total. The van der Waals surface area contributed by atoms with Gasteiger partial charge in [0, 0.05) is 0 Å². The van der Waals surface area contributed by atoms with Gasteiger partial charge >= 0.3 is 0 Å². The van der Waals surface area contributed by atoms with E-state index in [1.165, 1.54) is 173 Å². The maximum absolute atomic E-state index is 13.2. The number of hydrogen-bond acceptors (Lipinski definition) is 10. The molecule has 9 unspecified atom stereocenters. The highest BCUT2D eigenvalue weighted by molar-refractivity contribution is 5.80. The zero-order valence-electron chi connectivity index (χ0n) is 48.7. The fraction of sp³-hybridized carbons (Fsp3) is 0.831. The fourth-order valence-electron chi connectivity index (χ4n) is 9.88. The van der Waals surface area contributed by atoms with Crippen LogP contribution in [-0.4, -0.2) is 110 Å². The molecule has 0 bridgehead atoms. The standard InChI is InChI=1S/C65H119NO10/c1-3-5-7-9-11-13-15-17-19-21-23-24-25-26-27-28-29-30-31-32-33-34-35-37-38-40-42-44-46-48-50-52-57(68)60(70)56(55-75-65-63(73)62(72)61(71)59(54-67)76-65)66-64(74)58(69)53-51-49-47-45-43-41-39-36-22-20-18-16-14-12-10-8-6-4-2/h12,14,16,18,32-33,37-38,44,46,56-63,65,67-73H,3-11,13,15,17,19-31,34-36,39-43,45,47-55H2,1-2H3,(H,66,74)/b14-12-,18-16-,33-32+,38-37+,46-44+. The van der Waals surface area contributed by atoms with Gasteiger partial charge in [0.1, 0.15) is 36.6 Å². The monoisotopic (exact) mass is 1070 g/mol. The van der Waals surface area contributed by atoms with E-state index in [0.717, 1.165) is 57.8 Å². The van der Waals surface area contributed by atoms with E-state index in [0.29, 0.717) is 19.3 Å². The topological polar surface area (TPSA) is 189 Å². The lowest BCUT2D eigenvalue weighted by molar-refractivity contribution is -0.303. The Morgan fingerprint density at radius 1 is 0.461 bits per heavy atom. The predicted octanol–water partition coefficient (Wildman–Crippen LogP) is 14.2. The first-order chi connectivity index (χ1) is 37.2. The first-order valence-corrected chi connectivity index (χ1v) is 31.7. The average molecular weight is 1070 g/mol. The maximum Gasteiger partial charge on any atom is 0.249 e. The highest BCUT2D eigenvalue weighted by atomic mass is 16.7. The summed E-state index contributed by atoms with van der Waals surface area (Å²) >= 11 is 0. The van der Waals surface area contributed by atoms with Gasteiger partial charge in [-0.15, -0.1) is 0 Å². The Morgan fingerprint density at radius 2 is 0.829 bits per heavy atom. The van der Waals surface area contributed by atoms with Crippen molar-refractivity contribution in [2.24, 2.45) is 0 Å². The molecule has 1 aliphatic rings. The van der Waals surface area contributed by atoms with E-state index in [-0.39, 0.29) is 12.8 Å². The minimum Gasteiger partial charge on any atom is -0.394 e. The van der Waals surface area contributed by atoms with Crippen molar-refractivity contribution in [3.63, 3.8) is 0 Å². The molecule has 1 fully saturated rings. The molecule has 0 saturated carbocycles. The summed E-state index contributed by atoms with van der Waals surface area (Å²) in [5.41, 5.74) is 0. The highest BCUT2D eigenvalue weighted by Crippen LogP contribution is 2.23. The molecule has 0 spiro atoms. The number of rotatable bonds is 54. The van der Waals surface area contributed by atoms with E-state index in [1.807, 2.05) is 0 Å². The summed E-state index contributed by atoms with van der Waals surface area (Å²) < 4.78 is 11.1. The third-order valence-electron chi connectivity index (χ3n) is 15.0. The number of allylic oxidation sites excluding steroid dienone is 10.